The van der Waals surface area contributed by atoms with Crippen LogP contribution in [0.1, 0.15) is 0 Å². The second kappa shape index (κ2) is 4.76. The van der Waals surface area contributed by atoms with E-state index in [2.05, 4.69) is 0 Å². The fraction of sp³-hybridized carbons (Fsp3) is 1.00. The molecule has 1 aliphatic heterocycles. The molecule has 0 aromatic rings. The number of hydrogen-bond donors (Lipinski definition) is 2. The zero-order valence-electron chi connectivity index (χ0n) is 5.69. The molecule has 60 valence electrons. The first-order valence-corrected chi connectivity index (χ1v) is 7.71. The van der Waals surface area contributed by atoms with Crippen molar-refractivity contribution in [3.8, 4) is 0 Å². The predicted octanol–water partition coefficient (Wildman–Crippen LogP) is -0.193. The van der Waals surface area contributed by atoms with E-state index in [0.717, 1.165) is 0 Å². The molecule has 2 atom stereocenters. The molecule has 0 radical (unpaired) electrons. The van der Waals surface area contributed by atoms with Gasteiger partial charge in [-0.15, -0.1) is 0 Å². The Balaban J connectivity index is 2.25. The van der Waals surface area contributed by atoms with Gasteiger partial charge in [0.1, 0.15) is 0 Å². The van der Waals surface area contributed by atoms with Gasteiger partial charge in [0.05, 0.1) is 0 Å². The van der Waals surface area contributed by atoms with Crippen LogP contribution in [0, 0.1) is 0 Å². The van der Waals surface area contributed by atoms with Gasteiger partial charge in [-0.25, -0.2) is 0 Å². The maximum absolute atomic E-state index is 8.85. The molecule has 2 nitrogen and oxygen atoms in total. The Morgan fingerprint density at radius 1 is 1.10 bits per heavy atom. The summed E-state index contributed by atoms with van der Waals surface area (Å²) in [5.41, 5.74) is 0. The quantitative estimate of drug-likeness (QED) is 0.685. The summed E-state index contributed by atoms with van der Waals surface area (Å²) in [5, 5.41) is 20.2. The fourth-order valence-electron chi connectivity index (χ4n) is 0.873. The monoisotopic (exact) mass is 276 g/mol. The molecule has 1 rings (SSSR count). The van der Waals surface area contributed by atoms with Gasteiger partial charge in [0, 0.05) is 0 Å². The van der Waals surface area contributed by atoms with Crippen LogP contribution in [0.3, 0.4) is 0 Å². The molecule has 4 heteroatoms. The van der Waals surface area contributed by atoms with E-state index in [0.29, 0.717) is 52.8 Å². The number of aliphatic hydroxyl groups excluding tert-OH is 2. The van der Waals surface area contributed by atoms with Crippen molar-refractivity contribution >= 4 is 29.9 Å². The Morgan fingerprint density at radius 2 is 1.60 bits per heavy atom. The summed E-state index contributed by atoms with van der Waals surface area (Å²) < 4.78 is 0. The number of rotatable bonds is 2. The Kier molecular flexibility index (Phi) is 4.31. The molecule has 0 aromatic carbocycles. The van der Waals surface area contributed by atoms with Gasteiger partial charge in [0.25, 0.3) is 0 Å². The standard InChI is InChI=1S/C6H12O2Se2/c7-1-5-3-9-4-6(2-8)10-5/h5-8H,1-4H2. The second-order valence-electron chi connectivity index (χ2n) is 2.28. The zero-order valence-corrected chi connectivity index (χ0v) is 9.12. The number of aliphatic hydroxyl groups is 2. The molecule has 1 fully saturated rings. The average molecular weight is 274 g/mol. The third-order valence-electron chi connectivity index (χ3n) is 1.40. The van der Waals surface area contributed by atoms with E-state index in [1.165, 1.54) is 10.6 Å². The molecular formula is C6H12O2Se2. The topological polar surface area (TPSA) is 40.5 Å². The van der Waals surface area contributed by atoms with Crippen LogP contribution in [0.4, 0.5) is 0 Å². The minimum absolute atomic E-state index is 0.345. The van der Waals surface area contributed by atoms with Gasteiger partial charge in [-0.05, 0) is 0 Å². The second-order valence-corrected chi connectivity index (χ2v) is 7.91. The molecule has 1 saturated heterocycles. The Bertz CT molecular complexity index is 89.7. The van der Waals surface area contributed by atoms with Gasteiger partial charge in [0.15, 0.2) is 0 Å². The van der Waals surface area contributed by atoms with Crippen LogP contribution < -0.4 is 0 Å². The summed E-state index contributed by atoms with van der Waals surface area (Å²) >= 11 is 1.20. The maximum atomic E-state index is 8.85. The summed E-state index contributed by atoms with van der Waals surface area (Å²) in [6.07, 6.45) is 0. The Hall–Kier alpha value is 0.959. The van der Waals surface area contributed by atoms with Crippen molar-refractivity contribution in [2.45, 2.75) is 20.3 Å². The minimum atomic E-state index is 0.345. The summed E-state index contributed by atoms with van der Waals surface area (Å²) in [5.74, 6) is 0. The van der Waals surface area contributed by atoms with Gasteiger partial charge < -0.3 is 0 Å². The zero-order chi connectivity index (χ0) is 7.40. The van der Waals surface area contributed by atoms with E-state index in [4.69, 9.17) is 10.2 Å². The average Bonchev–Trinajstić information content (AvgIpc) is 2.05. The molecular weight excluding hydrogens is 262 g/mol. The molecule has 0 spiro atoms. The molecule has 0 aliphatic carbocycles. The third kappa shape index (κ3) is 2.54. The third-order valence-corrected chi connectivity index (χ3v) is 9.16. The summed E-state index contributed by atoms with van der Waals surface area (Å²) in [6.45, 7) is 0.691. The molecule has 0 amide bonds. The van der Waals surface area contributed by atoms with E-state index >= 15 is 0 Å². The van der Waals surface area contributed by atoms with Crippen LogP contribution in [-0.4, -0.2) is 53.3 Å². The van der Waals surface area contributed by atoms with Crippen LogP contribution in [0.15, 0.2) is 0 Å². The normalized spacial score (nSPS) is 34.2. The number of hydrogen-bond acceptors (Lipinski definition) is 2. The van der Waals surface area contributed by atoms with Crippen LogP contribution in [0.2, 0.25) is 20.3 Å². The van der Waals surface area contributed by atoms with Crippen molar-refractivity contribution in [2.24, 2.45) is 0 Å². The summed E-state index contributed by atoms with van der Waals surface area (Å²) in [4.78, 5) is 1.11. The first-order valence-electron chi connectivity index (χ1n) is 3.31. The van der Waals surface area contributed by atoms with Gasteiger partial charge in [-0.1, -0.05) is 0 Å². The van der Waals surface area contributed by atoms with Gasteiger partial charge in [-0.2, -0.15) is 0 Å². The fourth-order valence-corrected chi connectivity index (χ4v) is 8.35. The van der Waals surface area contributed by atoms with Gasteiger partial charge in [-0.3, -0.25) is 0 Å². The van der Waals surface area contributed by atoms with E-state index in [1.807, 2.05) is 0 Å². The van der Waals surface area contributed by atoms with Crippen molar-refractivity contribution in [2.75, 3.05) is 13.2 Å². The molecule has 10 heavy (non-hydrogen) atoms. The van der Waals surface area contributed by atoms with Crippen LogP contribution in [-0.2, 0) is 0 Å². The molecule has 1 aliphatic rings. The van der Waals surface area contributed by atoms with Crippen molar-refractivity contribution in [1.29, 1.82) is 0 Å². The van der Waals surface area contributed by atoms with Crippen LogP contribution in [0.5, 0.6) is 0 Å². The Labute approximate surface area is 73.7 Å². The van der Waals surface area contributed by atoms with E-state index in [9.17, 15) is 0 Å². The van der Waals surface area contributed by atoms with Crippen LogP contribution >= 0.6 is 0 Å². The summed E-state index contributed by atoms with van der Waals surface area (Å²) in [6, 6.07) is 0. The Morgan fingerprint density at radius 3 is 2.00 bits per heavy atom. The van der Waals surface area contributed by atoms with Gasteiger partial charge >= 0.3 is 73.6 Å². The van der Waals surface area contributed by atoms with Crippen molar-refractivity contribution in [1.82, 2.24) is 0 Å². The van der Waals surface area contributed by atoms with E-state index in [-0.39, 0.29) is 0 Å². The van der Waals surface area contributed by atoms with Crippen LogP contribution in [0.25, 0.3) is 0 Å². The molecule has 2 N–H and O–H groups in total. The predicted molar refractivity (Wildman–Crippen MR) is 42.8 cm³/mol. The van der Waals surface area contributed by atoms with E-state index < -0.39 is 0 Å². The van der Waals surface area contributed by atoms with E-state index in [1.54, 1.807) is 0 Å². The first-order chi connectivity index (χ1) is 4.86. The van der Waals surface area contributed by atoms with Crippen molar-refractivity contribution < 1.29 is 10.2 Å². The van der Waals surface area contributed by atoms with Crippen molar-refractivity contribution in [3.05, 3.63) is 0 Å². The molecule has 2 unspecified atom stereocenters. The first kappa shape index (κ1) is 9.05. The molecule has 0 bridgehead atoms. The van der Waals surface area contributed by atoms with Gasteiger partial charge in [0.2, 0.25) is 0 Å². The molecule has 1 heterocycles. The van der Waals surface area contributed by atoms with Crippen molar-refractivity contribution in [3.63, 3.8) is 0 Å². The molecule has 0 saturated carbocycles. The summed E-state index contributed by atoms with van der Waals surface area (Å²) in [7, 11) is 0. The SMILES string of the molecule is OCC1C[Se]CC(CO)[Se]1. The molecule has 0 aromatic heterocycles.